The zero-order valence-corrected chi connectivity index (χ0v) is 14.4. The third-order valence-corrected chi connectivity index (χ3v) is 4.43. The number of hydrogen-bond acceptors (Lipinski definition) is 7. The molecular formula is C16H13N7O2S. The number of amides is 1. The average molecular weight is 367 g/mol. The van der Waals surface area contributed by atoms with Gasteiger partial charge in [-0.3, -0.25) is 14.5 Å². The Kier molecular flexibility index (Phi) is 3.93. The van der Waals surface area contributed by atoms with Crippen molar-refractivity contribution in [1.82, 2.24) is 29.7 Å². The molecule has 1 amide bonds. The van der Waals surface area contributed by atoms with Crippen LogP contribution >= 0.6 is 11.3 Å². The number of anilines is 1. The first kappa shape index (κ1) is 16.0. The van der Waals surface area contributed by atoms with Gasteiger partial charge in [-0.25, -0.2) is 4.98 Å². The van der Waals surface area contributed by atoms with Crippen LogP contribution in [0, 0.1) is 0 Å². The highest BCUT2D eigenvalue weighted by Crippen LogP contribution is 2.26. The van der Waals surface area contributed by atoms with Gasteiger partial charge in [-0.15, -0.1) is 21.3 Å². The third kappa shape index (κ3) is 3.05. The van der Waals surface area contributed by atoms with Crippen molar-refractivity contribution in [1.29, 1.82) is 0 Å². The molecule has 4 rings (SSSR count). The smallest absolute Gasteiger partial charge is 0.275 e. The molecule has 0 bridgehead atoms. The summed E-state index contributed by atoms with van der Waals surface area (Å²) in [4.78, 5) is 21.8. The van der Waals surface area contributed by atoms with Crippen LogP contribution in [0.15, 0.2) is 48.4 Å². The molecular weight excluding hydrogens is 354 g/mol. The minimum atomic E-state index is -0.353. The monoisotopic (exact) mass is 367 g/mol. The quantitative estimate of drug-likeness (QED) is 0.536. The van der Waals surface area contributed by atoms with Gasteiger partial charge in [-0.05, 0) is 12.1 Å². The molecule has 130 valence electrons. The fourth-order valence-electron chi connectivity index (χ4n) is 2.39. The predicted molar refractivity (Wildman–Crippen MR) is 94.9 cm³/mol. The number of hydrogen-bond donors (Lipinski definition) is 2. The maximum atomic E-state index is 12.6. The molecule has 2 N–H and O–H groups in total. The molecule has 0 saturated carbocycles. The second-order valence-corrected chi connectivity index (χ2v) is 6.28. The Morgan fingerprint density at radius 1 is 1.31 bits per heavy atom. The number of nitrogens with one attached hydrogen (secondary N) is 1. The lowest BCUT2D eigenvalue weighted by molar-refractivity contribution is 0.102. The van der Waals surface area contributed by atoms with Gasteiger partial charge < -0.3 is 10.5 Å². The lowest BCUT2D eigenvalue weighted by atomic mass is 10.2. The zero-order chi connectivity index (χ0) is 18.1. The van der Waals surface area contributed by atoms with Crippen molar-refractivity contribution in [2.75, 3.05) is 5.32 Å². The summed E-state index contributed by atoms with van der Waals surface area (Å²) in [6, 6.07) is 5.50. The van der Waals surface area contributed by atoms with Crippen LogP contribution in [0.1, 0.15) is 10.5 Å². The first-order chi connectivity index (χ1) is 12.6. The lowest BCUT2D eigenvalue weighted by Crippen LogP contribution is -2.12. The van der Waals surface area contributed by atoms with Crippen molar-refractivity contribution in [3.05, 3.63) is 54.1 Å². The Hall–Kier alpha value is -3.53. The predicted octanol–water partition coefficient (Wildman–Crippen LogP) is 2.29. The van der Waals surface area contributed by atoms with Gasteiger partial charge in [0.1, 0.15) is 16.4 Å². The van der Waals surface area contributed by atoms with Crippen LogP contribution in [0.4, 0.5) is 5.69 Å². The van der Waals surface area contributed by atoms with Crippen LogP contribution < -0.4 is 5.32 Å². The number of carbonyl (C=O) groups excluding carboxylic acids is 1. The summed E-state index contributed by atoms with van der Waals surface area (Å²) in [6.07, 6.45) is 6.27. The number of nitrogens with zero attached hydrogens (tertiary/aromatic N) is 6. The van der Waals surface area contributed by atoms with Crippen molar-refractivity contribution in [3.63, 3.8) is 0 Å². The molecule has 0 aromatic carbocycles. The molecule has 4 aromatic heterocycles. The Morgan fingerprint density at radius 3 is 2.92 bits per heavy atom. The van der Waals surface area contributed by atoms with Crippen LogP contribution in [-0.4, -0.2) is 40.8 Å². The Labute approximate surface area is 151 Å². The highest BCUT2D eigenvalue weighted by molar-refractivity contribution is 7.13. The Balaban J connectivity index is 1.59. The van der Waals surface area contributed by atoms with E-state index in [0.29, 0.717) is 32.5 Å². The largest absolute Gasteiger partial charge is 0.412 e. The fraction of sp³-hybridized carbons (Fsp3) is 0.0625. The topological polar surface area (TPSA) is 111 Å². The summed E-state index contributed by atoms with van der Waals surface area (Å²) in [7, 11) is 1.77. The van der Waals surface area contributed by atoms with Gasteiger partial charge in [-0.1, -0.05) is 6.07 Å². The molecule has 0 atom stereocenters. The van der Waals surface area contributed by atoms with Gasteiger partial charge in [0.25, 0.3) is 5.91 Å². The molecule has 0 aliphatic rings. The van der Waals surface area contributed by atoms with E-state index in [1.807, 2.05) is 18.2 Å². The zero-order valence-electron chi connectivity index (χ0n) is 13.6. The first-order valence-corrected chi connectivity index (χ1v) is 8.44. The molecule has 0 aliphatic heterocycles. The van der Waals surface area contributed by atoms with Crippen LogP contribution in [-0.2, 0) is 7.05 Å². The highest BCUT2D eigenvalue weighted by Gasteiger charge is 2.17. The van der Waals surface area contributed by atoms with Crippen LogP contribution in [0.2, 0.25) is 0 Å². The van der Waals surface area contributed by atoms with Crippen molar-refractivity contribution in [2.45, 2.75) is 0 Å². The highest BCUT2D eigenvalue weighted by atomic mass is 32.1. The second kappa shape index (κ2) is 6.41. The standard InChI is InChI=1S/C16H13N7O2S/c1-22-8-12(14(21-22)11-4-2-3-5-17-11)19-15(24)13-9-26-16(20-13)10-6-18-23(25)7-10/h2-9,25H,1H3,(H,19,24). The molecule has 0 radical (unpaired) electrons. The van der Waals surface area contributed by atoms with E-state index in [0.717, 1.165) is 0 Å². The Morgan fingerprint density at radius 2 is 2.19 bits per heavy atom. The number of pyridine rings is 1. The maximum Gasteiger partial charge on any atom is 0.275 e. The van der Waals surface area contributed by atoms with Crippen LogP contribution in [0.3, 0.4) is 0 Å². The van der Waals surface area contributed by atoms with Crippen LogP contribution in [0.25, 0.3) is 22.0 Å². The summed E-state index contributed by atoms with van der Waals surface area (Å²) >= 11 is 1.29. The minimum Gasteiger partial charge on any atom is -0.412 e. The Bertz CT molecular complexity index is 1070. The number of aryl methyl sites for hydroxylation is 1. The molecule has 4 aromatic rings. The first-order valence-electron chi connectivity index (χ1n) is 7.56. The van der Waals surface area contributed by atoms with E-state index in [1.54, 1.807) is 29.5 Å². The van der Waals surface area contributed by atoms with E-state index < -0.39 is 0 Å². The number of aromatic nitrogens is 6. The van der Waals surface area contributed by atoms with Crippen molar-refractivity contribution >= 4 is 22.9 Å². The normalized spacial score (nSPS) is 10.8. The van der Waals surface area contributed by atoms with Gasteiger partial charge in [0.2, 0.25) is 0 Å². The maximum absolute atomic E-state index is 12.6. The number of carbonyl (C=O) groups is 1. The number of rotatable bonds is 4. The summed E-state index contributed by atoms with van der Waals surface area (Å²) in [6.45, 7) is 0. The molecule has 0 saturated heterocycles. The molecule has 9 nitrogen and oxygen atoms in total. The molecule has 0 aliphatic carbocycles. The van der Waals surface area contributed by atoms with E-state index in [1.165, 1.54) is 23.7 Å². The summed E-state index contributed by atoms with van der Waals surface area (Å²) in [5, 5.41) is 22.4. The van der Waals surface area contributed by atoms with Crippen LogP contribution in [0.5, 0.6) is 0 Å². The molecule has 0 spiro atoms. The second-order valence-electron chi connectivity index (χ2n) is 5.42. The van der Waals surface area contributed by atoms with Gasteiger partial charge in [0.05, 0.1) is 29.3 Å². The molecule has 0 unspecified atom stereocenters. The molecule has 26 heavy (non-hydrogen) atoms. The molecule has 10 heteroatoms. The van der Waals surface area contributed by atoms with Crippen molar-refractivity contribution in [2.24, 2.45) is 7.05 Å². The third-order valence-electron chi connectivity index (χ3n) is 3.54. The van der Waals surface area contributed by atoms with Gasteiger partial charge >= 0.3 is 0 Å². The summed E-state index contributed by atoms with van der Waals surface area (Å²) in [5.74, 6) is -0.353. The van der Waals surface area contributed by atoms with Gasteiger partial charge in [0.15, 0.2) is 0 Å². The lowest BCUT2D eigenvalue weighted by Gasteiger charge is -2.03. The average Bonchev–Trinajstić information content (AvgIpc) is 3.35. The van der Waals surface area contributed by atoms with E-state index in [2.05, 4.69) is 25.5 Å². The van der Waals surface area contributed by atoms with E-state index in [9.17, 15) is 10.0 Å². The van der Waals surface area contributed by atoms with E-state index >= 15 is 0 Å². The fourth-order valence-corrected chi connectivity index (χ4v) is 3.17. The van der Waals surface area contributed by atoms with Gasteiger partial charge in [0, 0.05) is 24.8 Å². The molecule has 4 heterocycles. The van der Waals surface area contributed by atoms with Crippen molar-refractivity contribution in [3.8, 4) is 22.0 Å². The molecule has 0 fully saturated rings. The SMILES string of the molecule is Cn1cc(NC(=O)c2csc(-c3cnn(O)c3)n2)c(-c2ccccn2)n1. The summed E-state index contributed by atoms with van der Waals surface area (Å²) < 4.78 is 1.61. The van der Waals surface area contributed by atoms with Gasteiger partial charge in [-0.2, -0.15) is 5.10 Å². The summed E-state index contributed by atoms with van der Waals surface area (Å²) in [5.41, 5.74) is 2.70. The van der Waals surface area contributed by atoms with E-state index in [4.69, 9.17) is 0 Å². The minimum absolute atomic E-state index is 0.270. The number of thiazole rings is 1. The van der Waals surface area contributed by atoms with Crippen molar-refractivity contribution < 1.29 is 10.0 Å². The van der Waals surface area contributed by atoms with E-state index in [-0.39, 0.29) is 11.6 Å².